The van der Waals surface area contributed by atoms with Crippen molar-refractivity contribution in [2.24, 2.45) is 5.92 Å². The molecule has 9 nitrogen and oxygen atoms in total. The lowest BCUT2D eigenvalue weighted by atomic mass is 9.84. The zero-order valence-electron chi connectivity index (χ0n) is 21.7. The maximum atomic E-state index is 12.1. The molecule has 3 rings (SSSR count). The molecule has 1 aromatic rings. The molecular formula is C27H41N3O6. The Balaban J connectivity index is 1.37. The summed E-state index contributed by atoms with van der Waals surface area (Å²) >= 11 is 0. The van der Waals surface area contributed by atoms with E-state index in [-0.39, 0.29) is 30.7 Å². The molecule has 2 saturated carbocycles. The highest BCUT2D eigenvalue weighted by Crippen LogP contribution is 2.29. The average molecular weight is 504 g/mol. The van der Waals surface area contributed by atoms with Gasteiger partial charge in [-0.1, -0.05) is 30.3 Å². The molecule has 0 saturated heterocycles. The van der Waals surface area contributed by atoms with Gasteiger partial charge in [0.2, 0.25) is 0 Å². The molecule has 36 heavy (non-hydrogen) atoms. The Hall–Kier alpha value is -2.97. The molecule has 0 radical (unpaired) electrons. The van der Waals surface area contributed by atoms with Crippen molar-refractivity contribution < 1.29 is 29.0 Å². The SMILES string of the molecule is CC(C)(C)OC(=O)NC1CCC(N(CC2CCC(NC(=O)OCc3ccccc3)CC2)C(=O)O)CC1. The van der Waals surface area contributed by atoms with E-state index < -0.39 is 23.9 Å². The fourth-order valence-corrected chi connectivity index (χ4v) is 5.09. The minimum Gasteiger partial charge on any atom is -0.465 e. The number of carbonyl (C=O) groups excluding carboxylic acids is 2. The first kappa shape index (κ1) is 27.6. The van der Waals surface area contributed by atoms with E-state index in [0.717, 1.165) is 56.9 Å². The van der Waals surface area contributed by atoms with Crippen LogP contribution >= 0.6 is 0 Å². The van der Waals surface area contributed by atoms with Gasteiger partial charge < -0.3 is 30.1 Å². The van der Waals surface area contributed by atoms with E-state index in [4.69, 9.17) is 9.47 Å². The molecule has 2 aliphatic carbocycles. The molecule has 3 amide bonds. The first-order chi connectivity index (χ1) is 17.1. The fraction of sp³-hybridized carbons (Fsp3) is 0.667. The zero-order valence-corrected chi connectivity index (χ0v) is 21.7. The van der Waals surface area contributed by atoms with Crippen LogP contribution in [0.3, 0.4) is 0 Å². The van der Waals surface area contributed by atoms with Gasteiger partial charge >= 0.3 is 18.3 Å². The molecule has 1 aromatic carbocycles. The van der Waals surface area contributed by atoms with Crippen molar-refractivity contribution in [3.05, 3.63) is 35.9 Å². The van der Waals surface area contributed by atoms with Crippen molar-refractivity contribution in [3.63, 3.8) is 0 Å². The van der Waals surface area contributed by atoms with E-state index in [9.17, 15) is 19.5 Å². The highest BCUT2D eigenvalue weighted by molar-refractivity contribution is 5.68. The summed E-state index contributed by atoms with van der Waals surface area (Å²) in [5.74, 6) is 0.275. The van der Waals surface area contributed by atoms with Crippen LogP contribution in [-0.2, 0) is 16.1 Å². The first-order valence-electron chi connectivity index (χ1n) is 13.1. The number of carbonyl (C=O) groups is 3. The molecule has 0 atom stereocenters. The maximum absolute atomic E-state index is 12.1. The average Bonchev–Trinajstić information content (AvgIpc) is 2.82. The van der Waals surface area contributed by atoms with Crippen molar-refractivity contribution in [1.82, 2.24) is 15.5 Å². The molecular weight excluding hydrogens is 462 g/mol. The molecule has 2 fully saturated rings. The highest BCUT2D eigenvalue weighted by Gasteiger charge is 2.33. The Kier molecular flexibility index (Phi) is 9.84. The highest BCUT2D eigenvalue weighted by atomic mass is 16.6. The van der Waals surface area contributed by atoms with E-state index in [1.165, 1.54) is 0 Å². The minimum absolute atomic E-state index is 0.00917. The van der Waals surface area contributed by atoms with Crippen LogP contribution in [-0.4, -0.2) is 58.6 Å². The van der Waals surface area contributed by atoms with Crippen molar-refractivity contribution in [3.8, 4) is 0 Å². The van der Waals surface area contributed by atoms with Gasteiger partial charge in [0.05, 0.1) is 0 Å². The van der Waals surface area contributed by atoms with E-state index in [0.29, 0.717) is 6.54 Å². The molecule has 2 aliphatic rings. The van der Waals surface area contributed by atoms with Crippen LogP contribution in [0.5, 0.6) is 0 Å². The quantitative estimate of drug-likeness (QED) is 0.466. The van der Waals surface area contributed by atoms with E-state index in [1.54, 1.807) is 4.90 Å². The van der Waals surface area contributed by atoms with Gasteiger partial charge in [0.1, 0.15) is 12.2 Å². The van der Waals surface area contributed by atoms with E-state index in [1.807, 2.05) is 51.1 Å². The standard InChI is InChI=1S/C27H41N3O6/c1-27(2,3)36-25(32)29-22-13-15-23(16-14-22)30(26(33)34)17-19-9-11-21(12-10-19)28-24(31)35-18-20-7-5-4-6-8-20/h4-8,19,21-23H,9-18H2,1-3H3,(H,28,31)(H,29,32)(H,33,34). The Morgan fingerprint density at radius 2 is 1.44 bits per heavy atom. The Bertz CT molecular complexity index is 856. The number of hydrogen-bond donors (Lipinski definition) is 3. The molecule has 3 N–H and O–H groups in total. The number of benzene rings is 1. The number of alkyl carbamates (subject to hydrolysis) is 2. The predicted molar refractivity (Wildman–Crippen MR) is 136 cm³/mol. The summed E-state index contributed by atoms with van der Waals surface area (Å²) in [6, 6.07) is 9.58. The van der Waals surface area contributed by atoms with Crippen LogP contribution < -0.4 is 10.6 Å². The number of carboxylic acid groups (broad SMARTS) is 1. The molecule has 200 valence electrons. The molecule has 0 heterocycles. The summed E-state index contributed by atoms with van der Waals surface area (Å²) in [5.41, 5.74) is 0.401. The van der Waals surface area contributed by atoms with Gasteiger partial charge in [-0.3, -0.25) is 0 Å². The molecule has 0 bridgehead atoms. The van der Waals surface area contributed by atoms with Gasteiger partial charge in [0.25, 0.3) is 0 Å². The smallest absolute Gasteiger partial charge is 0.407 e. The Morgan fingerprint density at radius 1 is 0.889 bits per heavy atom. The topological polar surface area (TPSA) is 117 Å². The van der Waals surface area contributed by atoms with Gasteiger partial charge in [-0.2, -0.15) is 0 Å². The lowest BCUT2D eigenvalue weighted by Gasteiger charge is -2.38. The van der Waals surface area contributed by atoms with Crippen molar-refractivity contribution in [1.29, 1.82) is 0 Å². The minimum atomic E-state index is -0.886. The van der Waals surface area contributed by atoms with Crippen LogP contribution in [0.4, 0.5) is 14.4 Å². The van der Waals surface area contributed by atoms with Crippen LogP contribution in [0.15, 0.2) is 30.3 Å². The second kappa shape index (κ2) is 12.8. The largest absolute Gasteiger partial charge is 0.465 e. The first-order valence-corrected chi connectivity index (χ1v) is 13.1. The van der Waals surface area contributed by atoms with Crippen molar-refractivity contribution in [2.75, 3.05) is 6.54 Å². The number of ether oxygens (including phenoxy) is 2. The lowest BCUT2D eigenvalue weighted by Crippen LogP contribution is -2.48. The molecule has 0 unspecified atom stereocenters. The summed E-state index contributed by atoms with van der Waals surface area (Å²) < 4.78 is 10.7. The van der Waals surface area contributed by atoms with Gasteiger partial charge in [0.15, 0.2) is 0 Å². The molecule has 0 spiro atoms. The van der Waals surface area contributed by atoms with Crippen LogP contribution in [0, 0.1) is 5.92 Å². The lowest BCUT2D eigenvalue weighted by molar-refractivity contribution is 0.0466. The number of amides is 3. The summed E-state index contributed by atoms with van der Waals surface area (Å²) in [6.07, 6.45) is 4.53. The normalized spacial score (nSPS) is 24.3. The van der Waals surface area contributed by atoms with E-state index in [2.05, 4.69) is 10.6 Å². The van der Waals surface area contributed by atoms with Gasteiger partial charge in [-0.25, -0.2) is 14.4 Å². The number of rotatable bonds is 7. The number of nitrogens with one attached hydrogen (secondary N) is 2. The van der Waals surface area contributed by atoms with Gasteiger partial charge in [-0.05, 0) is 83.6 Å². The number of hydrogen-bond acceptors (Lipinski definition) is 5. The maximum Gasteiger partial charge on any atom is 0.407 e. The van der Waals surface area contributed by atoms with Crippen molar-refractivity contribution >= 4 is 18.3 Å². The van der Waals surface area contributed by atoms with Crippen LogP contribution in [0.25, 0.3) is 0 Å². The summed E-state index contributed by atoms with van der Waals surface area (Å²) in [6.45, 7) is 6.24. The molecule has 9 heteroatoms. The van der Waals surface area contributed by atoms with E-state index >= 15 is 0 Å². The fourth-order valence-electron chi connectivity index (χ4n) is 5.09. The van der Waals surface area contributed by atoms with Gasteiger partial charge in [-0.15, -0.1) is 0 Å². The monoisotopic (exact) mass is 503 g/mol. The zero-order chi connectivity index (χ0) is 26.1. The van der Waals surface area contributed by atoms with Gasteiger partial charge in [0, 0.05) is 24.7 Å². The Morgan fingerprint density at radius 3 is 2.00 bits per heavy atom. The third-order valence-electron chi connectivity index (χ3n) is 6.94. The van der Waals surface area contributed by atoms with Crippen LogP contribution in [0.2, 0.25) is 0 Å². The van der Waals surface area contributed by atoms with Crippen LogP contribution in [0.1, 0.15) is 77.7 Å². The molecule has 0 aromatic heterocycles. The number of nitrogens with zero attached hydrogens (tertiary/aromatic N) is 1. The summed E-state index contributed by atoms with van der Waals surface area (Å²) in [5, 5.41) is 15.7. The summed E-state index contributed by atoms with van der Waals surface area (Å²) in [7, 11) is 0. The third kappa shape index (κ3) is 9.24. The molecule has 0 aliphatic heterocycles. The van der Waals surface area contributed by atoms with Crippen molar-refractivity contribution in [2.45, 2.75) is 102 Å². The third-order valence-corrected chi connectivity index (χ3v) is 6.94. The second-order valence-corrected chi connectivity index (χ2v) is 11.0. The Labute approximate surface area is 213 Å². The summed E-state index contributed by atoms with van der Waals surface area (Å²) in [4.78, 5) is 37.8. The predicted octanol–water partition coefficient (Wildman–Crippen LogP) is 5.29. The second-order valence-electron chi connectivity index (χ2n) is 11.0.